The summed E-state index contributed by atoms with van der Waals surface area (Å²) in [6.07, 6.45) is 1.31. The van der Waals surface area contributed by atoms with Gasteiger partial charge in [0, 0.05) is 6.20 Å². The Hall–Kier alpha value is -1.13. The SMILES string of the molecule is CC(C(=O)OC(C)(C)C)C(=O)c1ncc(Cl)cc1Cl. The van der Waals surface area contributed by atoms with E-state index >= 15 is 0 Å². The van der Waals surface area contributed by atoms with Crippen molar-refractivity contribution in [2.24, 2.45) is 5.92 Å². The zero-order valence-electron chi connectivity index (χ0n) is 11.2. The maximum Gasteiger partial charge on any atom is 0.317 e. The lowest BCUT2D eigenvalue weighted by atomic mass is 10.0. The Morgan fingerprint density at radius 3 is 2.37 bits per heavy atom. The second-order valence-corrected chi connectivity index (χ2v) is 5.95. The number of Topliss-reactive ketones (excluding diaryl/α,β-unsaturated/α-hetero) is 1. The minimum absolute atomic E-state index is 0.0180. The van der Waals surface area contributed by atoms with Crippen molar-refractivity contribution < 1.29 is 14.3 Å². The van der Waals surface area contributed by atoms with E-state index in [4.69, 9.17) is 27.9 Å². The number of esters is 1. The van der Waals surface area contributed by atoms with E-state index < -0.39 is 23.3 Å². The summed E-state index contributed by atoms with van der Waals surface area (Å²) in [5.74, 6) is -2.06. The van der Waals surface area contributed by atoms with E-state index in [0.29, 0.717) is 5.02 Å². The Kier molecular flexibility index (Phi) is 4.93. The molecule has 0 aliphatic rings. The van der Waals surface area contributed by atoms with E-state index in [2.05, 4.69) is 4.98 Å². The fraction of sp³-hybridized carbons (Fsp3) is 0.462. The molecular formula is C13H15Cl2NO3. The number of carbonyl (C=O) groups is 2. The molecule has 0 aliphatic heterocycles. The molecule has 0 aromatic carbocycles. The van der Waals surface area contributed by atoms with Crippen LogP contribution >= 0.6 is 23.2 Å². The number of ether oxygens (including phenoxy) is 1. The van der Waals surface area contributed by atoms with Gasteiger partial charge in [0.1, 0.15) is 17.2 Å². The Morgan fingerprint density at radius 1 is 1.32 bits per heavy atom. The highest BCUT2D eigenvalue weighted by atomic mass is 35.5. The average molecular weight is 304 g/mol. The Morgan fingerprint density at radius 2 is 1.89 bits per heavy atom. The molecule has 0 saturated carbocycles. The highest BCUT2D eigenvalue weighted by Crippen LogP contribution is 2.22. The third-order valence-corrected chi connectivity index (χ3v) is 2.69. The number of carbonyl (C=O) groups excluding carboxylic acids is 2. The number of rotatable bonds is 3. The average Bonchev–Trinajstić information content (AvgIpc) is 2.24. The highest BCUT2D eigenvalue weighted by Gasteiger charge is 2.29. The fourth-order valence-electron chi connectivity index (χ4n) is 1.30. The molecule has 4 nitrogen and oxygen atoms in total. The molecule has 1 heterocycles. The van der Waals surface area contributed by atoms with Crippen molar-refractivity contribution in [2.75, 3.05) is 0 Å². The van der Waals surface area contributed by atoms with E-state index in [1.165, 1.54) is 19.2 Å². The maximum atomic E-state index is 12.1. The first kappa shape index (κ1) is 15.9. The van der Waals surface area contributed by atoms with Crippen LogP contribution in [0.5, 0.6) is 0 Å². The van der Waals surface area contributed by atoms with Crippen LogP contribution in [0.15, 0.2) is 12.3 Å². The van der Waals surface area contributed by atoms with Gasteiger partial charge < -0.3 is 4.74 Å². The van der Waals surface area contributed by atoms with Gasteiger partial charge in [0.25, 0.3) is 0 Å². The summed E-state index contributed by atoms with van der Waals surface area (Å²) in [7, 11) is 0. The minimum Gasteiger partial charge on any atom is -0.459 e. The first-order valence-corrected chi connectivity index (χ1v) is 6.45. The molecule has 0 aliphatic carbocycles. The summed E-state index contributed by atoms with van der Waals surface area (Å²) in [6, 6.07) is 1.41. The van der Waals surface area contributed by atoms with E-state index in [-0.39, 0.29) is 10.7 Å². The molecule has 0 amide bonds. The summed E-state index contributed by atoms with van der Waals surface area (Å²) in [5, 5.41) is 0.444. The van der Waals surface area contributed by atoms with Crippen molar-refractivity contribution in [3.8, 4) is 0 Å². The van der Waals surface area contributed by atoms with Gasteiger partial charge in [-0.25, -0.2) is 4.98 Å². The van der Waals surface area contributed by atoms with Crippen LogP contribution in [-0.4, -0.2) is 22.3 Å². The van der Waals surface area contributed by atoms with Crippen molar-refractivity contribution in [2.45, 2.75) is 33.3 Å². The minimum atomic E-state index is -0.967. The van der Waals surface area contributed by atoms with Gasteiger partial charge in [0.15, 0.2) is 5.78 Å². The lowest BCUT2D eigenvalue weighted by Crippen LogP contribution is -2.31. The molecule has 19 heavy (non-hydrogen) atoms. The molecule has 1 aromatic rings. The lowest BCUT2D eigenvalue weighted by molar-refractivity contribution is -0.157. The Labute approximate surface area is 122 Å². The Balaban J connectivity index is 2.91. The van der Waals surface area contributed by atoms with Gasteiger partial charge in [-0.3, -0.25) is 9.59 Å². The zero-order chi connectivity index (χ0) is 14.8. The molecule has 0 fully saturated rings. The van der Waals surface area contributed by atoms with Gasteiger partial charge in [-0.1, -0.05) is 23.2 Å². The number of halogens is 2. The third kappa shape index (κ3) is 4.48. The number of ketones is 1. The molecular weight excluding hydrogens is 289 g/mol. The molecule has 0 N–H and O–H groups in total. The van der Waals surface area contributed by atoms with Gasteiger partial charge >= 0.3 is 5.97 Å². The topological polar surface area (TPSA) is 56.3 Å². The summed E-state index contributed by atoms with van der Waals surface area (Å²) in [5.41, 5.74) is -0.632. The zero-order valence-corrected chi connectivity index (χ0v) is 12.7. The largest absolute Gasteiger partial charge is 0.459 e. The van der Waals surface area contributed by atoms with Crippen LogP contribution in [-0.2, 0) is 9.53 Å². The molecule has 0 spiro atoms. The number of hydrogen-bond acceptors (Lipinski definition) is 4. The smallest absolute Gasteiger partial charge is 0.317 e. The highest BCUT2D eigenvalue weighted by molar-refractivity contribution is 6.36. The first-order valence-electron chi connectivity index (χ1n) is 5.70. The van der Waals surface area contributed by atoms with Crippen molar-refractivity contribution in [1.29, 1.82) is 0 Å². The van der Waals surface area contributed by atoms with Crippen molar-refractivity contribution >= 4 is 35.0 Å². The van der Waals surface area contributed by atoms with Crippen LogP contribution < -0.4 is 0 Å². The van der Waals surface area contributed by atoms with E-state index in [1.807, 2.05) is 0 Å². The van der Waals surface area contributed by atoms with Gasteiger partial charge in [-0.2, -0.15) is 0 Å². The van der Waals surface area contributed by atoms with Crippen LogP contribution in [0.3, 0.4) is 0 Å². The monoisotopic (exact) mass is 303 g/mol. The Bertz CT molecular complexity index is 509. The molecule has 0 radical (unpaired) electrons. The van der Waals surface area contributed by atoms with Crippen LogP contribution in [0.2, 0.25) is 10.0 Å². The first-order chi connectivity index (χ1) is 8.61. The maximum absolute atomic E-state index is 12.1. The molecule has 0 saturated heterocycles. The van der Waals surface area contributed by atoms with Crippen molar-refractivity contribution in [3.05, 3.63) is 28.0 Å². The van der Waals surface area contributed by atoms with Crippen LogP contribution in [0, 0.1) is 5.92 Å². The molecule has 104 valence electrons. The van der Waals surface area contributed by atoms with Gasteiger partial charge in [-0.05, 0) is 33.8 Å². The van der Waals surface area contributed by atoms with Crippen LogP contribution in [0.25, 0.3) is 0 Å². The quantitative estimate of drug-likeness (QED) is 0.487. The summed E-state index contributed by atoms with van der Waals surface area (Å²) >= 11 is 11.6. The predicted octanol–water partition coefficient (Wildman–Crippen LogP) is 3.55. The molecule has 1 unspecified atom stereocenters. The molecule has 1 atom stereocenters. The summed E-state index contributed by atoms with van der Waals surface area (Å²) in [4.78, 5) is 27.8. The lowest BCUT2D eigenvalue weighted by Gasteiger charge is -2.21. The van der Waals surface area contributed by atoms with E-state index in [9.17, 15) is 9.59 Å². The fourth-order valence-corrected chi connectivity index (χ4v) is 1.77. The number of nitrogens with zero attached hydrogens (tertiary/aromatic N) is 1. The molecule has 1 aromatic heterocycles. The number of pyridine rings is 1. The van der Waals surface area contributed by atoms with Crippen LogP contribution in [0.1, 0.15) is 38.2 Å². The standard InChI is InChI=1S/C13H15Cl2NO3/c1-7(12(18)19-13(2,3)4)11(17)10-9(15)5-8(14)6-16-10/h5-7H,1-4H3. The predicted molar refractivity (Wildman–Crippen MR) is 73.6 cm³/mol. The van der Waals surface area contributed by atoms with E-state index in [0.717, 1.165) is 0 Å². The van der Waals surface area contributed by atoms with Gasteiger partial charge in [0.2, 0.25) is 0 Å². The van der Waals surface area contributed by atoms with Crippen molar-refractivity contribution in [3.63, 3.8) is 0 Å². The van der Waals surface area contributed by atoms with Gasteiger partial charge in [0.05, 0.1) is 10.0 Å². The molecule has 6 heteroatoms. The third-order valence-electron chi connectivity index (χ3n) is 2.19. The number of aromatic nitrogens is 1. The van der Waals surface area contributed by atoms with E-state index in [1.54, 1.807) is 20.8 Å². The normalized spacial score (nSPS) is 12.9. The summed E-state index contributed by atoms with van der Waals surface area (Å²) in [6.45, 7) is 6.66. The summed E-state index contributed by atoms with van der Waals surface area (Å²) < 4.78 is 5.15. The van der Waals surface area contributed by atoms with Crippen molar-refractivity contribution in [1.82, 2.24) is 4.98 Å². The molecule has 0 bridgehead atoms. The van der Waals surface area contributed by atoms with Gasteiger partial charge in [-0.15, -0.1) is 0 Å². The second-order valence-electron chi connectivity index (χ2n) is 5.10. The molecule has 1 rings (SSSR count). The van der Waals surface area contributed by atoms with Crippen LogP contribution in [0.4, 0.5) is 0 Å². The number of hydrogen-bond donors (Lipinski definition) is 0. The second kappa shape index (κ2) is 5.88.